The zero-order valence-corrected chi connectivity index (χ0v) is 47.0. The number of ether oxygens (including phenoxy) is 5. The summed E-state index contributed by atoms with van der Waals surface area (Å²) < 4.78 is 32.2. The van der Waals surface area contributed by atoms with Crippen LogP contribution in [0.4, 0.5) is 0 Å². The van der Waals surface area contributed by atoms with Gasteiger partial charge in [-0.1, -0.05) is 85.4 Å². The predicted molar refractivity (Wildman–Crippen MR) is 280 cm³/mol. The van der Waals surface area contributed by atoms with Crippen LogP contribution < -0.4 is 0 Å². The van der Waals surface area contributed by atoms with E-state index >= 15 is 0 Å². The number of pyridine rings is 1. The molecule has 0 radical (unpaired) electrons. The molecule has 2 spiro atoms. The second-order valence-electron chi connectivity index (χ2n) is 27.7. The van der Waals surface area contributed by atoms with Gasteiger partial charge in [-0.2, -0.15) is 0 Å². The summed E-state index contributed by atoms with van der Waals surface area (Å²) >= 11 is 0. The lowest BCUT2D eigenvalue weighted by Crippen LogP contribution is -2.67. The molecule has 74 heavy (non-hydrogen) atoms. The van der Waals surface area contributed by atoms with E-state index in [1.54, 1.807) is 11.8 Å². The van der Waals surface area contributed by atoms with Crippen molar-refractivity contribution in [3.05, 3.63) is 58.6 Å². The first-order chi connectivity index (χ1) is 35.3. The van der Waals surface area contributed by atoms with Crippen molar-refractivity contribution in [1.29, 1.82) is 0 Å². The lowest BCUT2D eigenvalue weighted by atomic mass is 9.47. The average Bonchev–Trinajstić information content (AvgIpc) is 3.48. The summed E-state index contributed by atoms with van der Waals surface area (Å²) in [6.07, 6.45) is 24.9. The van der Waals surface area contributed by atoms with Crippen molar-refractivity contribution < 1.29 is 48.0 Å². The maximum atomic E-state index is 14.0. The van der Waals surface area contributed by atoms with Gasteiger partial charge in [-0.3, -0.25) is 4.98 Å². The lowest BCUT2D eigenvalue weighted by Gasteiger charge is -2.58. The first-order valence-electron chi connectivity index (χ1n) is 30.0. The third-order valence-corrected chi connectivity index (χ3v) is 23.3. The molecule has 6 aliphatic carbocycles. The monoisotopic (exact) mass is 1020 g/mol. The number of hydrogen-bond acceptors (Lipinski definition) is 11. The Bertz CT molecular complexity index is 2400. The minimum absolute atomic E-state index is 0.0143. The first-order valence-corrected chi connectivity index (χ1v) is 30.0. The molecule has 1 aromatic heterocycles. The van der Waals surface area contributed by atoms with E-state index < -0.39 is 35.4 Å². The van der Waals surface area contributed by atoms with E-state index in [9.17, 15) is 4.79 Å². The van der Waals surface area contributed by atoms with Gasteiger partial charge in [-0.15, -0.1) is 0 Å². The highest BCUT2D eigenvalue weighted by atomic mass is 17.3. The highest BCUT2D eigenvalue weighted by Gasteiger charge is 2.70. The van der Waals surface area contributed by atoms with Crippen LogP contribution >= 0.6 is 0 Å². The maximum absolute atomic E-state index is 14.0. The van der Waals surface area contributed by atoms with E-state index in [-0.39, 0.29) is 35.2 Å². The Labute approximate surface area is 443 Å². The Morgan fingerprint density at radius 3 is 2.00 bits per heavy atom. The predicted octanol–water partition coefficient (Wildman–Crippen LogP) is 14.5. The summed E-state index contributed by atoms with van der Waals surface area (Å²) in [4.78, 5) is 42.7. The Morgan fingerprint density at radius 1 is 0.703 bits per heavy atom. The first kappa shape index (κ1) is 51.9. The fourth-order valence-corrected chi connectivity index (χ4v) is 19.2. The molecule has 1 aromatic rings. The SMILES string of the molecule is CC1=C(C(=O)OC2CC[C@@]3(C)C(=CC[C@H]4[C@@H]5CC[C@H]([C@H](C)CCCC(C)C)[C@@]5(C)CC[C@@H]43)C2)O[C@@H]2O[C@@]3(C)CC[C@H]4[C@H](C)CC[C@@H]1[C@@]24OO3.CC1=C(c2ccccn2)O[C@@H]2O[C@@]3(C)CC[C@H]4[C@H](C)CC[C@@H]1[C@@]24OO3. The molecule has 0 N–H and O–H groups in total. The van der Waals surface area contributed by atoms with Gasteiger partial charge in [0.1, 0.15) is 17.6 Å². The topological polar surface area (TPSA) is 113 Å². The minimum atomic E-state index is -0.863. The normalized spacial score (nSPS) is 47.9. The molecule has 11 heteroatoms. The second-order valence-corrected chi connectivity index (χ2v) is 27.7. The standard InChI is InChI=1S/C43H66O6.C20H25NO4/c1-25(2)10-9-11-26(3)32-16-17-35-31-14-13-29-24-30(18-21-40(29,6)36(31)19-22-41(32,35)7)45-38(44)37-28(5)34-15-12-27(4)33-20-23-42(8)47-39(46-37)43(33,34)49-48-42;1-12-7-8-15-13(2)17(16-6-4-5-11-21-16)22-18-20(15)14(12)9-10-19(3,23-18)24-25-20/h13,25-27,30-36,39H,9-12,14-24H2,1-8H3;4-6,11-12,14-15,18H,7-10H2,1-3H3/t26-,27-,30?,31+,32-,33+,34+,35+,36+,39-,40+,41-,42-,43-;12-,14+,15+,18-,19-,20-/m11/s1. The Balaban J connectivity index is 0.000000185. The molecule has 15 rings (SSSR count). The van der Waals surface area contributed by atoms with Crippen molar-refractivity contribution in [1.82, 2.24) is 4.98 Å². The van der Waals surface area contributed by atoms with Crippen LogP contribution in [-0.2, 0) is 48.0 Å². The van der Waals surface area contributed by atoms with E-state index in [1.807, 2.05) is 39.0 Å². The summed E-state index contributed by atoms with van der Waals surface area (Å²) in [6.45, 7) is 25.3. The molecule has 1 unspecified atom stereocenters. The van der Waals surface area contributed by atoms with Gasteiger partial charge in [0.25, 0.3) is 0 Å². The molecule has 14 aliphatic rings. The summed E-state index contributed by atoms with van der Waals surface area (Å²) in [6, 6.07) is 5.90. The number of fused-ring (bicyclic) bond motifs is 9. The number of nitrogens with zero attached hydrogens (tertiary/aromatic N) is 1. The maximum Gasteiger partial charge on any atom is 0.373 e. The van der Waals surface area contributed by atoms with Gasteiger partial charge in [0.15, 0.2) is 11.2 Å². The zero-order valence-electron chi connectivity index (χ0n) is 47.0. The van der Waals surface area contributed by atoms with Gasteiger partial charge in [0, 0.05) is 49.1 Å². The van der Waals surface area contributed by atoms with Crippen molar-refractivity contribution in [2.45, 2.75) is 240 Å². The average molecular weight is 1020 g/mol. The molecule has 11 fully saturated rings. The van der Waals surface area contributed by atoms with Crippen LogP contribution in [0.15, 0.2) is 53.0 Å². The van der Waals surface area contributed by atoms with Crippen molar-refractivity contribution >= 4 is 11.7 Å². The molecular weight excluding hydrogens is 931 g/mol. The number of carbonyl (C=O) groups excluding carboxylic acids is 1. The number of carbonyl (C=O) groups is 1. The fraction of sp³-hybridized carbons (Fsp3) is 0.810. The van der Waals surface area contributed by atoms with Crippen LogP contribution in [0.25, 0.3) is 5.76 Å². The summed E-state index contributed by atoms with van der Waals surface area (Å²) in [5.74, 6) is 6.16. The molecule has 6 saturated heterocycles. The van der Waals surface area contributed by atoms with Crippen molar-refractivity contribution in [2.75, 3.05) is 0 Å². The van der Waals surface area contributed by atoms with E-state index in [2.05, 4.69) is 66.4 Å². The number of hydrogen-bond donors (Lipinski definition) is 0. The van der Waals surface area contributed by atoms with Crippen LogP contribution in [0.2, 0.25) is 0 Å². The van der Waals surface area contributed by atoms with Gasteiger partial charge < -0.3 is 23.7 Å². The lowest BCUT2D eigenvalue weighted by molar-refractivity contribution is -0.556. The van der Waals surface area contributed by atoms with Crippen molar-refractivity contribution in [3.63, 3.8) is 0 Å². The molecule has 9 heterocycles. The van der Waals surface area contributed by atoms with Crippen LogP contribution in [-0.4, -0.2) is 52.4 Å². The zero-order chi connectivity index (χ0) is 51.7. The van der Waals surface area contributed by atoms with Crippen LogP contribution in [0.3, 0.4) is 0 Å². The van der Waals surface area contributed by atoms with Crippen molar-refractivity contribution in [2.24, 2.45) is 81.8 Å². The smallest absolute Gasteiger partial charge is 0.373 e. The third kappa shape index (κ3) is 8.11. The molecule has 4 bridgehead atoms. The Morgan fingerprint density at radius 2 is 1.35 bits per heavy atom. The van der Waals surface area contributed by atoms with E-state index in [0.717, 1.165) is 117 Å². The molecule has 5 saturated carbocycles. The van der Waals surface area contributed by atoms with Crippen LogP contribution in [0, 0.1) is 81.8 Å². The Kier molecular flexibility index (Phi) is 13.3. The molecule has 11 nitrogen and oxygen atoms in total. The molecule has 408 valence electrons. The molecule has 0 aromatic carbocycles. The molecular formula is C63H91NO10. The van der Waals surface area contributed by atoms with Gasteiger partial charge in [-0.05, 0) is 193 Å². The number of aromatic nitrogens is 1. The van der Waals surface area contributed by atoms with E-state index in [0.29, 0.717) is 28.9 Å². The molecule has 8 aliphatic heterocycles. The quantitative estimate of drug-likeness (QED) is 0.141. The third-order valence-electron chi connectivity index (χ3n) is 23.3. The van der Waals surface area contributed by atoms with E-state index in [1.165, 1.54) is 63.4 Å². The van der Waals surface area contributed by atoms with Gasteiger partial charge in [0.05, 0.1) is 0 Å². The van der Waals surface area contributed by atoms with Crippen LogP contribution in [0.1, 0.15) is 204 Å². The highest BCUT2D eigenvalue weighted by Crippen LogP contribution is 2.68. The Hall–Kier alpha value is -2.80. The largest absolute Gasteiger partial charge is 0.459 e. The second kappa shape index (κ2) is 18.9. The van der Waals surface area contributed by atoms with Gasteiger partial charge in [-0.25, -0.2) is 24.3 Å². The molecule has 0 amide bonds. The fourth-order valence-electron chi connectivity index (χ4n) is 19.2. The number of rotatable bonds is 8. The van der Waals surface area contributed by atoms with Crippen LogP contribution in [0.5, 0.6) is 0 Å². The minimum Gasteiger partial charge on any atom is -0.459 e. The summed E-state index contributed by atoms with van der Waals surface area (Å²) in [5, 5.41) is 0. The number of allylic oxidation sites excluding steroid dienone is 1. The molecule has 20 atom stereocenters. The van der Waals surface area contributed by atoms with Crippen molar-refractivity contribution in [3.8, 4) is 0 Å². The van der Waals surface area contributed by atoms with Gasteiger partial charge >= 0.3 is 5.97 Å². The van der Waals surface area contributed by atoms with E-state index in [4.69, 9.17) is 43.2 Å². The highest BCUT2D eigenvalue weighted by molar-refractivity contribution is 5.87. The summed E-state index contributed by atoms with van der Waals surface area (Å²) in [7, 11) is 0. The van der Waals surface area contributed by atoms with Gasteiger partial charge in [0.2, 0.25) is 29.9 Å². The summed E-state index contributed by atoms with van der Waals surface area (Å²) in [5.41, 5.74) is 4.02. The number of esters is 1.